The molecule has 0 radical (unpaired) electrons. The Balaban J connectivity index is 1.53. The second kappa shape index (κ2) is 7.83. The molecule has 29 heavy (non-hydrogen) atoms. The Labute approximate surface area is 180 Å². The molecule has 0 heterocycles. The number of ketones is 1. The van der Waals surface area contributed by atoms with E-state index in [1.54, 1.807) is 0 Å². The summed E-state index contributed by atoms with van der Waals surface area (Å²) in [6.07, 6.45) is 15.7. The quantitative estimate of drug-likeness (QED) is 0.431. The number of carbonyl (C=O) groups is 1. The monoisotopic (exact) mass is 398 g/mol. The Bertz CT molecular complexity index is 659. The minimum Gasteiger partial charge on any atom is -0.299 e. The van der Waals surface area contributed by atoms with Crippen molar-refractivity contribution in [1.82, 2.24) is 0 Å². The SMILES string of the molecule is CC(C)CCCC(C)[C@H]1CC[C@H]2C3=CC[C@H]4[C@H](C)C(=O)CC[C@]4(C)[C@H]3CC[C@]12C. The molecular formula is C28H46O. The minimum absolute atomic E-state index is 0.275. The first kappa shape index (κ1) is 21.6. The van der Waals surface area contributed by atoms with Crippen molar-refractivity contribution in [2.45, 2.75) is 106 Å². The summed E-state index contributed by atoms with van der Waals surface area (Å²) in [5, 5.41) is 0. The van der Waals surface area contributed by atoms with Gasteiger partial charge in [0.1, 0.15) is 5.78 Å². The maximum Gasteiger partial charge on any atom is 0.136 e. The first-order valence-corrected chi connectivity index (χ1v) is 12.9. The van der Waals surface area contributed by atoms with Crippen LogP contribution in [0.2, 0.25) is 0 Å². The van der Waals surface area contributed by atoms with E-state index in [4.69, 9.17) is 0 Å². The Morgan fingerprint density at radius 3 is 2.45 bits per heavy atom. The van der Waals surface area contributed by atoms with Crippen LogP contribution in [0, 0.1) is 52.3 Å². The van der Waals surface area contributed by atoms with Crippen molar-refractivity contribution in [2.24, 2.45) is 52.3 Å². The van der Waals surface area contributed by atoms with Gasteiger partial charge in [-0.3, -0.25) is 4.79 Å². The highest BCUT2D eigenvalue weighted by Gasteiger charge is 2.59. The fourth-order valence-electron chi connectivity index (χ4n) is 8.78. The normalized spacial score (nSPS) is 45.4. The molecule has 0 aromatic rings. The molecule has 1 heteroatoms. The standard InChI is InChI=1S/C28H46O/c1-18(2)8-7-9-19(3)22-12-13-24-21-10-11-23-20(4)26(29)15-17-28(23,6)25(21)14-16-27(22,24)5/h10,18-20,22-25H,7-9,11-17H2,1-6H3/t19?,20-,22+,23-,24-,25-,27+,28-/m0/s1. The van der Waals surface area contributed by atoms with E-state index in [0.29, 0.717) is 22.5 Å². The second-order valence-electron chi connectivity index (χ2n) is 12.4. The van der Waals surface area contributed by atoms with Gasteiger partial charge in [-0.2, -0.15) is 0 Å². The molecule has 0 spiro atoms. The summed E-state index contributed by atoms with van der Waals surface area (Å²) in [5.41, 5.74) is 2.74. The molecule has 4 aliphatic rings. The van der Waals surface area contributed by atoms with E-state index in [9.17, 15) is 4.79 Å². The van der Waals surface area contributed by atoms with Crippen LogP contribution in [0.1, 0.15) is 106 Å². The molecule has 3 fully saturated rings. The van der Waals surface area contributed by atoms with Gasteiger partial charge in [0.2, 0.25) is 0 Å². The lowest BCUT2D eigenvalue weighted by molar-refractivity contribution is -0.134. The van der Waals surface area contributed by atoms with Gasteiger partial charge < -0.3 is 0 Å². The molecule has 0 bridgehead atoms. The summed E-state index contributed by atoms with van der Waals surface area (Å²) >= 11 is 0. The van der Waals surface area contributed by atoms with Crippen molar-refractivity contribution in [3.05, 3.63) is 11.6 Å². The molecule has 0 aromatic heterocycles. The van der Waals surface area contributed by atoms with E-state index < -0.39 is 0 Å². The van der Waals surface area contributed by atoms with Crippen LogP contribution in [0.4, 0.5) is 0 Å². The molecule has 8 atom stereocenters. The molecule has 1 nitrogen and oxygen atoms in total. The zero-order chi connectivity index (χ0) is 21.0. The first-order chi connectivity index (χ1) is 13.7. The van der Waals surface area contributed by atoms with Crippen molar-refractivity contribution in [3.63, 3.8) is 0 Å². The van der Waals surface area contributed by atoms with Gasteiger partial charge in [-0.1, -0.05) is 72.5 Å². The van der Waals surface area contributed by atoms with Crippen LogP contribution in [-0.2, 0) is 4.79 Å². The highest BCUT2D eigenvalue weighted by molar-refractivity contribution is 5.82. The van der Waals surface area contributed by atoms with E-state index in [1.165, 1.54) is 44.9 Å². The van der Waals surface area contributed by atoms with E-state index in [1.807, 2.05) is 5.57 Å². The van der Waals surface area contributed by atoms with Crippen LogP contribution in [0.3, 0.4) is 0 Å². The van der Waals surface area contributed by atoms with E-state index in [2.05, 4.69) is 47.6 Å². The number of fused-ring (bicyclic) bond motifs is 5. The van der Waals surface area contributed by atoms with Gasteiger partial charge in [0.05, 0.1) is 0 Å². The van der Waals surface area contributed by atoms with Gasteiger partial charge in [0, 0.05) is 12.3 Å². The van der Waals surface area contributed by atoms with Gasteiger partial charge in [0.25, 0.3) is 0 Å². The maximum atomic E-state index is 12.4. The molecule has 0 amide bonds. The van der Waals surface area contributed by atoms with Crippen molar-refractivity contribution in [3.8, 4) is 0 Å². The van der Waals surface area contributed by atoms with Crippen LogP contribution in [-0.4, -0.2) is 5.78 Å². The summed E-state index contributed by atoms with van der Waals surface area (Å²) in [7, 11) is 0. The predicted octanol–water partition coefficient (Wildman–Crippen LogP) is 7.84. The summed E-state index contributed by atoms with van der Waals surface area (Å²) < 4.78 is 0. The molecular weight excluding hydrogens is 352 g/mol. The predicted molar refractivity (Wildman–Crippen MR) is 123 cm³/mol. The Hall–Kier alpha value is -0.590. The average Bonchev–Trinajstić information content (AvgIpc) is 3.02. The number of Topliss-reactive ketones (excluding diaryl/α,β-unsaturated/α-hetero) is 1. The summed E-state index contributed by atoms with van der Waals surface area (Å²) in [6, 6.07) is 0. The third-order valence-corrected chi connectivity index (χ3v) is 10.6. The Morgan fingerprint density at radius 1 is 1.00 bits per heavy atom. The summed E-state index contributed by atoms with van der Waals surface area (Å²) in [5.74, 6) is 5.61. The minimum atomic E-state index is 0.275. The highest BCUT2D eigenvalue weighted by Crippen LogP contribution is 2.67. The van der Waals surface area contributed by atoms with Crippen molar-refractivity contribution in [2.75, 3.05) is 0 Å². The van der Waals surface area contributed by atoms with Crippen LogP contribution in [0.5, 0.6) is 0 Å². The number of rotatable bonds is 5. The molecule has 4 aliphatic carbocycles. The van der Waals surface area contributed by atoms with Crippen molar-refractivity contribution < 1.29 is 4.79 Å². The molecule has 3 saturated carbocycles. The lowest BCUT2D eigenvalue weighted by Gasteiger charge is -2.58. The van der Waals surface area contributed by atoms with E-state index >= 15 is 0 Å². The largest absolute Gasteiger partial charge is 0.299 e. The third-order valence-electron chi connectivity index (χ3n) is 10.6. The Morgan fingerprint density at radius 2 is 1.72 bits per heavy atom. The summed E-state index contributed by atoms with van der Waals surface area (Å²) in [6.45, 7) is 14.7. The zero-order valence-corrected chi connectivity index (χ0v) is 20.1. The molecule has 164 valence electrons. The average molecular weight is 399 g/mol. The molecule has 0 N–H and O–H groups in total. The number of hydrogen-bond acceptors (Lipinski definition) is 1. The van der Waals surface area contributed by atoms with Gasteiger partial charge in [-0.05, 0) is 84.9 Å². The van der Waals surface area contributed by atoms with E-state index in [-0.39, 0.29) is 5.92 Å². The van der Waals surface area contributed by atoms with Crippen molar-refractivity contribution in [1.29, 1.82) is 0 Å². The lowest BCUT2D eigenvalue weighted by Crippen LogP contribution is -2.51. The molecule has 0 aromatic carbocycles. The highest BCUT2D eigenvalue weighted by atomic mass is 16.1. The smallest absolute Gasteiger partial charge is 0.136 e. The number of allylic oxidation sites excluding steroid dienone is 2. The maximum absolute atomic E-state index is 12.4. The second-order valence-corrected chi connectivity index (χ2v) is 12.4. The fourth-order valence-corrected chi connectivity index (χ4v) is 8.78. The fraction of sp³-hybridized carbons (Fsp3) is 0.893. The van der Waals surface area contributed by atoms with Crippen LogP contribution in [0.15, 0.2) is 11.6 Å². The number of carbonyl (C=O) groups excluding carboxylic acids is 1. The van der Waals surface area contributed by atoms with Crippen molar-refractivity contribution >= 4 is 5.78 Å². The zero-order valence-electron chi connectivity index (χ0n) is 20.1. The van der Waals surface area contributed by atoms with Crippen LogP contribution in [0.25, 0.3) is 0 Å². The van der Waals surface area contributed by atoms with Crippen LogP contribution < -0.4 is 0 Å². The van der Waals surface area contributed by atoms with Gasteiger partial charge >= 0.3 is 0 Å². The topological polar surface area (TPSA) is 17.1 Å². The molecule has 0 saturated heterocycles. The van der Waals surface area contributed by atoms with Crippen LogP contribution >= 0.6 is 0 Å². The number of hydrogen-bond donors (Lipinski definition) is 0. The van der Waals surface area contributed by atoms with E-state index in [0.717, 1.165) is 48.9 Å². The third kappa shape index (κ3) is 3.47. The molecule has 0 aliphatic heterocycles. The lowest BCUT2D eigenvalue weighted by atomic mass is 9.46. The summed E-state index contributed by atoms with van der Waals surface area (Å²) in [4.78, 5) is 12.4. The molecule has 1 unspecified atom stereocenters. The molecule has 4 rings (SSSR count). The first-order valence-electron chi connectivity index (χ1n) is 12.9. The van der Waals surface area contributed by atoms with Gasteiger partial charge in [-0.25, -0.2) is 0 Å². The van der Waals surface area contributed by atoms with Gasteiger partial charge in [-0.15, -0.1) is 0 Å². The Kier molecular flexibility index (Phi) is 5.84. The van der Waals surface area contributed by atoms with Gasteiger partial charge in [0.15, 0.2) is 0 Å².